The molecule has 0 aliphatic carbocycles. The third-order valence-corrected chi connectivity index (χ3v) is 8.99. The minimum Gasteiger partial charge on any atom is -0.468 e. The van der Waals surface area contributed by atoms with Gasteiger partial charge in [-0.05, 0) is 57.0 Å². The topological polar surface area (TPSA) is 124 Å². The van der Waals surface area contributed by atoms with Gasteiger partial charge in [-0.3, -0.25) is 9.59 Å². The van der Waals surface area contributed by atoms with Crippen LogP contribution in [-0.2, 0) is 35.6 Å². The summed E-state index contributed by atoms with van der Waals surface area (Å²) in [5.74, 6) is -1.66. The van der Waals surface area contributed by atoms with Gasteiger partial charge in [0, 0.05) is 6.54 Å². The van der Waals surface area contributed by atoms with Gasteiger partial charge in [-0.25, -0.2) is 13.2 Å². The Morgan fingerprint density at radius 3 is 2.54 bits per heavy atom. The molecule has 1 atom stereocenters. The van der Waals surface area contributed by atoms with Gasteiger partial charge in [-0.15, -0.1) is 0 Å². The highest BCUT2D eigenvalue weighted by molar-refractivity contribution is 7.89. The maximum Gasteiger partial charge on any atom is 0.338 e. The molecule has 12 heteroatoms. The van der Waals surface area contributed by atoms with E-state index >= 15 is 0 Å². The Bertz CT molecular complexity index is 1520. The van der Waals surface area contributed by atoms with E-state index in [1.807, 2.05) is 6.92 Å². The highest BCUT2D eigenvalue weighted by atomic mass is 32.2. The molecular formula is C25H27N3O7S2. The number of aromatic nitrogens is 1. The lowest BCUT2D eigenvalue weighted by Crippen LogP contribution is -2.40. The molecule has 2 aromatic carbocycles. The van der Waals surface area contributed by atoms with Crippen molar-refractivity contribution in [3.8, 4) is 0 Å². The average molecular weight is 546 g/mol. The maximum absolute atomic E-state index is 13.3. The molecule has 4 rings (SSSR count). The second-order valence-corrected chi connectivity index (χ2v) is 11.4. The fourth-order valence-electron chi connectivity index (χ4n) is 4.14. The first-order valence-electron chi connectivity index (χ1n) is 11.7. The Balaban J connectivity index is 1.74. The van der Waals surface area contributed by atoms with Crippen LogP contribution >= 0.6 is 11.3 Å². The lowest BCUT2D eigenvalue weighted by Gasteiger charge is -2.21. The number of sulfonamides is 1. The molecule has 10 nitrogen and oxygen atoms in total. The lowest BCUT2D eigenvalue weighted by molar-refractivity contribution is -0.141. The average Bonchev–Trinajstić information content (AvgIpc) is 3.50. The van der Waals surface area contributed by atoms with Crippen LogP contribution in [0.4, 0.5) is 0 Å². The third-order valence-electron chi connectivity index (χ3n) is 6.03. The number of benzene rings is 2. The van der Waals surface area contributed by atoms with Crippen LogP contribution in [0, 0.1) is 6.92 Å². The van der Waals surface area contributed by atoms with Gasteiger partial charge < -0.3 is 14.0 Å². The molecule has 0 bridgehead atoms. The number of carbonyl (C=O) groups is 3. The Kier molecular flexibility index (Phi) is 7.90. The molecule has 2 heterocycles. The summed E-state index contributed by atoms with van der Waals surface area (Å²) in [4.78, 5) is 42.2. The molecular weight excluding hydrogens is 518 g/mol. The number of rotatable bonds is 7. The summed E-state index contributed by atoms with van der Waals surface area (Å²) >= 11 is 1.11. The van der Waals surface area contributed by atoms with Gasteiger partial charge in [0.25, 0.3) is 5.91 Å². The summed E-state index contributed by atoms with van der Waals surface area (Å²) in [6, 6.07) is 10.3. The zero-order chi connectivity index (χ0) is 26.7. The van der Waals surface area contributed by atoms with Crippen molar-refractivity contribution in [2.45, 2.75) is 44.2 Å². The van der Waals surface area contributed by atoms with Gasteiger partial charge in [0.2, 0.25) is 10.0 Å². The normalized spacial score (nSPS) is 16.7. The van der Waals surface area contributed by atoms with Gasteiger partial charge in [0.05, 0.1) is 34.4 Å². The standard InChI is InChI=1S/C25H27N3O7S2/c1-4-35-24(31)17-9-12-19-21(14-17)36-25(27(19)15-22(29)34-3)26-23(30)20-6-5-13-28(20)37(32,33)18-10-7-16(2)8-11-18/h7-12,14,20H,4-6,13,15H2,1-3H3. The number of nitrogens with zero attached hydrogens (tertiary/aromatic N) is 3. The number of hydrogen-bond donors (Lipinski definition) is 0. The van der Waals surface area contributed by atoms with E-state index < -0.39 is 33.9 Å². The number of aryl methyl sites for hydroxylation is 1. The van der Waals surface area contributed by atoms with Crippen molar-refractivity contribution < 1.29 is 32.3 Å². The second kappa shape index (κ2) is 11.0. The van der Waals surface area contributed by atoms with Crippen molar-refractivity contribution in [3.63, 3.8) is 0 Å². The molecule has 1 amide bonds. The summed E-state index contributed by atoms with van der Waals surface area (Å²) in [5, 5.41) is 0. The first kappa shape index (κ1) is 26.7. The van der Waals surface area contributed by atoms with Crippen molar-refractivity contribution >= 4 is 49.4 Å². The van der Waals surface area contributed by atoms with Gasteiger partial charge in [0.15, 0.2) is 4.80 Å². The molecule has 1 unspecified atom stereocenters. The molecule has 37 heavy (non-hydrogen) atoms. The molecule has 0 spiro atoms. The molecule has 0 saturated carbocycles. The molecule has 196 valence electrons. The van der Waals surface area contributed by atoms with Crippen molar-refractivity contribution in [2.75, 3.05) is 20.3 Å². The number of fused-ring (bicyclic) bond motifs is 1. The monoisotopic (exact) mass is 545 g/mol. The molecule has 0 N–H and O–H groups in total. The largest absolute Gasteiger partial charge is 0.468 e. The molecule has 1 aromatic heterocycles. The smallest absolute Gasteiger partial charge is 0.338 e. The summed E-state index contributed by atoms with van der Waals surface area (Å²) in [5.41, 5.74) is 1.82. The van der Waals surface area contributed by atoms with E-state index in [4.69, 9.17) is 9.47 Å². The number of amides is 1. The van der Waals surface area contributed by atoms with E-state index in [1.165, 1.54) is 28.1 Å². The van der Waals surface area contributed by atoms with Crippen LogP contribution in [0.5, 0.6) is 0 Å². The highest BCUT2D eigenvalue weighted by Crippen LogP contribution is 2.27. The van der Waals surface area contributed by atoms with Gasteiger partial charge >= 0.3 is 11.9 Å². The van der Waals surface area contributed by atoms with Crippen LogP contribution < -0.4 is 4.80 Å². The highest BCUT2D eigenvalue weighted by Gasteiger charge is 2.39. The number of esters is 2. The van der Waals surface area contributed by atoms with E-state index in [-0.39, 0.29) is 29.4 Å². The molecule has 0 radical (unpaired) electrons. The van der Waals surface area contributed by atoms with Crippen LogP contribution in [-0.4, -0.2) is 61.4 Å². The number of thiazole rings is 1. The van der Waals surface area contributed by atoms with Crippen LogP contribution in [0.2, 0.25) is 0 Å². The third kappa shape index (κ3) is 5.50. The maximum atomic E-state index is 13.3. The Morgan fingerprint density at radius 2 is 1.86 bits per heavy atom. The first-order chi connectivity index (χ1) is 17.6. The fourth-order valence-corrected chi connectivity index (χ4v) is 6.86. The summed E-state index contributed by atoms with van der Waals surface area (Å²) < 4.78 is 39.8. The lowest BCUT2D eigenvalue weighted by atomic mass is 10.2. The van der Waals surface area contributed by atoms with E-state index in [9.17, 15) is 22.8 Å². The Morgan fingerprint density at radius 1 is 1.14 bits per heavy atom. The van der Waals surface area contributed by atoms with Crippen LogP contribution in [0.25, 0.3) is 10.2 Å². The van der Waals surface area contributed by atoms with Crippen molar-refractivity contribution in [1.82, 2.24) is 8.87 Å². The summed E-state index contributed by atoms with van der Waals surface area (Å²) in [6.45, 7) is 3.79. The molecule has 1 fully saturated rings. The Hall–Kier alpha value is -3.35. The van der Waals surface area contributed by atoms with E-state index in [2.05, 4.69) is 4.99 Å². The van der Waals surface area contributed by atoms with Crippen molar-refractivity contribution in [2.24, 2.45) is 4.99 Å². The zero-order valence-corrected chi connectivity index (χ0v) is 22.3. The van der Waals surface area contributed by atoms with Gasteiger partial charge in [0.1, 0.15) is 12.6 Å². The second-order valence-electron chi connectivity index (χ2n) is 8.49. The fraction of sp³-hybridized carbons (Fsp3) is 0.360. The predicted octanol–water partition coefficient (Wildman–Crippen LogP) is 2.64. The first-order valence-corrected chi connectivity index (χ1v) is 14.0. The molecule has 3 aromatic rings. The van der Waals surface area contributed by atoms with E-state index in [1.54, 1.807) is 37.3 Å². The van der Waals surface area contributed by atoms with E-state index in [0.717, 1.165) is 16.9 Å². The van der Waals surface area contributed by atoms with Gasteiger partial charge in [-0.2, -0.15) is 9.30 Å². The van der Waals surface area contributed by atoms with Crippen LogP contribution in [0.3, 0.4) is 0 Å². The van der Waals surface area contributed by atoms with Crippen LogP contribution in [0.15, 0.2) is 52.4 Å². The molecule has 1 saturated heterocycles. The summed E-state index contributed by atoms with van der Waals surface area (Å²) in [7, 11) is -2.64. The van der Waals surface area contributed by atoms with Gasteiger partial charge in [-0.1, -0.05) is 29.0 Å². The minimum atomic E-state index is -3.90. The molecule has 1 aliphatic rings. The SMILES string of the molecule is CCOC(=O)c1ccc2c(c1)sc(=NC(=O)C1CCCN1S(=O)(=O)c1ccc(C)cc1)n2CC(=O)OC. The van der Waals surface area contributed by atoms with Crippen LogP contribution in [0.1, 0.15) is 35.7 Å². The number of methoxy groups -OCH3 is 1. The van der Waals surface area contributed by atoms with Crippen molar-refractivity contribution in [1.29, 1.82) is 0 Å². The van der Waals surface area contributed by atoms with E-state index in [0.29, 0.717) is 28.6 Å². The predicted molar refractivity (Wildman–Crippen MR) is 136 cm³/mol. The number of carbonyl (C=O) groups excluding carboxylic acids is 3. The van der Waals surface area contributed by atoms with Crippen molar-refractivity contribution in [3.05, 3.63) is 58.4 Å². The Labute approximate surface area is 218 Å². The molecule has 1 aliphatic heterocycles. The quantitative estimate of drug-likeness (QED) is 0.418. The minimum absolute atomic E-state index is 0.118. The zero-order valence-electron chi connectivity index (χ0n) is 20.7. The summed E-state index contributed by atoms with van der Waals surface area (Å²) in [6.07, 6.45) is 0.858. The number of ether oxygens (including phenoxy) is 2. The number of hydrogen-bond acceptors (Lipinski definition) is 8.